The van der Waals surface area contributed by atoms with Crippen LogP contribution in [-0.4, -0.2) is 60.9 Å². The second-order valence-electron chi connectivity index (χ2n) is 5.16. The monoisotopic (exact) mass is 271 g/mol. The molecular formula is C14H29N3O2. The number of rotatable bonds is 9. The Labute approximate surface area is 117 Å². The number of nitrogens with zero attached hydrogens (tertiary/aromatic N) is 2. The summed E-state index contributed by atoms with van der Waals surface area (Å²) in [6.07, 6.45) is 1.86. The van der Waals surface area contributed by atoms with Gasteiger partial charge in [0.05, 0.1) is 13.1 Å². The van der Waals surface area contributed by atoms with E-state index in [1.54, 1.807) is 11.9 Å². The minimum absolute atomic E-state index is 0.00435. The summed E-state index contributed by atoms with van der Waals surface area (Å²) in [4.78, 5) is 27.3. The number of amides is 2. The van der Waals surface area contributed by atoms with E-state index < -0.39 is 0 Å². The first-order valence-corrected chi connectivity index (χ1v) is 7.17. The van der Waals surface area contributed by atoms with Crippen molar-refractivity contribution in [2.24, 2.45) is 0 Å². The molecule has 0 saturated carbocycles. The quantitative estimate of drug-likeness (QED) is 0.683. The van der Waals surface area contributed by atoms with Gasteiger partial charge >= 0.3 is 0 Å². The van der Waals surface area contributed by atoms with E-state index in [9.17, 15) is 9.59 Å². The Morgan fingerprint density at radius 2 is 1.74 bits per heavy atom. The van der Waals surface area contributed by atoms with Crippen LogP contribution in [0.4, 0.5) is 0 Å². The van der Waals surface area contributed by atoms with Gasteiger partial charge in [0.25, 0.3) is 0 Å². The van der Waals surface area contributed by atoms with Crippen molar-refractivity contribution in [2.45, 2.75) is 46.6 Å². The highest BCUT2D eigenvalue weighted by Gasteiger charge is 2.17. The maximum atomic E-state index is 12.0. The summed E-state index contributed by atoms with van der Waals surface area (Å²) in [6.45, 7) is 10.1. The number of hydrogen-bond donors (Lipinski definition) is 1. The van der Waals surface area contributed by atoms with Gasteiger partial charge in [-0.25, -0.2) is 0 Å². The first-order valence-electron chi connectivity index (χ1n) is 7.17. The van der Waals surface area contributed by atoms with Crippen LogP contribution in [0.1, 0.15) is 40.5 Å². The maximum absolute atomic E-state index is 12.0. The van der Waals surface area contributed by atoms with E-state index in [0.29, 0.717) is 19.6 Å². The van der Waals surface area contributed by atoms with E-state index in [1.807, 2.05) is 32.6 Å². The smallest absolute Gasteiger partial charge is 0.236 e. The molecule has 0 unspecified atom stereocenters. The molecule has 0 aromatic heterocycles. The van der Waals surface area contributed by atoms with Crippen molar-refractivity contribution in [3.8, 4) is 0 Å². The SMILES string of the molecule is CCCNC(=O)CN(CCC)CC(=O)N(C)C(C)C. The van der Waals surface area contributed by atoms with Gasteiger partial charge in [0.1, 0.15) is 0 Å². The second kappa shape index (κ2) is 9.78. The third-order valence-corrected chi connectivity index (χ3v) is 3.01. The lowest BCUT2D eigenvalue weighted by atomic mass is 10.3. The van der Waals surface area contributed by atoms with Crippen molar-refractivity contribution in [2.75, 3.05) is 33.2 Å². The molecule has 2 amide bonds. The van der Waals surface area contributed by atoms with Crippen LogP contribution in [0.3, 0.4) is 0 Å². The molecule has 0 saturated heterocycles. The number of likely N-dealkylation sites (N-methyl/N-ethyl adjacent to an activating group) is 1. The van der Waals surface area contributed by atoms with E-state index >= 15 is 0 Å². The largest absolute Gasteiger partial charge is 0.355 e. The van der Waals surface area contributed by atoms with E-state index in [1.165, 1.54) is 0 Å². The molecule has 0 spiro atoms. The first-order chi connectivity index (χ1) is 8.92. The summed E-state index contributed by atoms with van der Waals surface area (Å²) in [5.74, 6) is 0.0574. The molecule has 0 heterocycles. The van der Waals surface area contributed by atoms with Gasteiger partial charge in [-0.05, 0) is 33.2 Å². The Morgan fingerprint density at radius 3 is 2.21 bits per heavy atom. The minimum atomic E-state index is -0.00435. The molecule has 0 rings (SSSR count). The molecule has 0 aliphatic heterocycles. The van der Waals surface area contributed by atoms with Crippen LogP contribution in [0.2, 0.25) is 0 Å². The predicted molar refractivity (Wildman–Crippen MR) is 77.9 cm³/mol. The lowest BCUT2D eigenvalue weighted by molar-refractivity contribution is -0.133. The van der Waals surface area contributed by atoms with Gasteiger partial charge in [-0.15, -0.1) is 0 Å². The van der Waals surface area contributed by atoms with Gasteiger partial charge in [-0.3, -0.25) is 14.5 Å². The van der Waals surface area contributed by atoms with Crippen LogP contribution >= 0.6 is 0 Å². The zero-order valence-corrected chi connectivity index (χ0v) is 13.0. The van der Waals surface area contributed by atoms with Gasteiger partial charge < -0.3 is 10.2 Å². The summed E-state index contributed by atoms with van der Waals surface area (Å²) in [5.41, 5.74) is 0. The number of nitrogens with one attached hydrogen (secondary N) is 1. The van der Waals surface area contributed by atoms with Crippen molar-refractivity contribution >= 4 is 11.8 Å². The third-order valence-electron chi connectivity index (χ3n) is 3.01. The number of carbonyl (C=O) groups excluding carboxylic acids is 2. The van der Waals surface area contributed by atoms with Crippen molar-refractivity contribution in [1.29, 1.82) is 0 Å². The van der Waals surface area contributed by atoms with Gasteiger partial charge in [0, 0.05) is 19.6 Å². The lowest BCUT2D eigenvalue weighted by Crippen LogP contribution is -2.45. The van der Waals surface area contributed by atoms with Crippen LogP contribution in [-0.2, 0) is 9.59 Å². The van der Waals surface area contributed by atoms with Crippen molar-refractivity contribution in [1.82, 2.24) is 15.1 Å². The molecule has 0 aliphatic rings. The summed E-state index contributed by atoms with van der Waals surface area (Å²) in [5, 5.41) is 2.84. The van der Waals surface area contributed by atoms with E-state index in [-0.39, 0.29) is 17.9 Å². The highest BCUT2D eigenvalue weighted by atomic mass is 16.2. The Bertz CT molecular complexity index is 280. The average Bonchev–Trinajstić information content (AvgIpc) is 2.35. The van der Waals surface area contributed by atoms with Crippen LogP contribution in [0.15, 0.2) is 0 Å². The molecule has 0 aliphatic carbocycles. The summed E-state index contributed by atoms with van der Waals surface area (Å²) in [7, 11) is 1.80. The molecule has 0 aromatic rings. The van der Waals surface area contributed by atoms with Gasteiger partial charge in [0.15, 0.2) is 0 Å². The van der Waals surface area contributed by atoms with Gasteiger partial charge in [-0.2, -0.15) is 0 Å². The third kappa shape index (κ3) is 7.82. The second-order valence-corrected chi connectivity index (χ2v) is 5.16. The molecule has 1 N–H and O–H groups in total. The zero-order valence-electron chi connectivity index (χ0n) is 13.0. The standard InChI is InChI=1S/C14H29N3O2/c1-6-8-15-13(18)10-17(9-7-2)11-14(19)16(5)12(3)4/h12H,6-11H2,1-5H3,(H,15,18). The predicted octanol–water partition coefficient (Wildman–Crippen LogP) is 1.09. The highest BCUT2D eigenvalue weighted by molar-refractivity contribution is 5.81. The Balaban J connectivity index is 4.32. The van der Waals surface area contributed by atoms with Crippen molar-refractivity contribution in [3.05, 3.63) is 0 Å². The Morgan fingerprint density at radius 1 is 1.11 bits per heavy atom. The van der Waals surface area contributed by atoms with Crippen LogP contribution in [0.5, 0.6) is 0 Å². The topological polar surface area (TPSA) is 52.7 Å². The van der Waals surface area contributed by atoms with Crippen LogP contribution in [0.25, 0.3) is 0 Å². The highest BCUT2D eigenvalue weighted by Crippen LogP contribution is 1.98. The van der Waals surface area contributed by atoms with Crippen LogP contribution < -0.4 is 5.32 Å². The fourth-order valence-electron chi connectivity index (χ4n) is 1.64. The summed E-state index contributed by atoms with van der Waals surface area (Å²) in [6, 6.07) is 0.185. The van der Waals surface area contributed by atoms with E-state index in [2.05, 4.69) is 5.32 Å². The van der Waals surface area contributed by atoms with E-state index in [4.69, 9.17) is 0 Å². The maximum Gasteiger partial charge on any atom is 0.236 e. The lowest BCUT2D eigenvalue weighted by Gasteiger charge is -2.26. The fourth-order valence-corrected chi connectivity index (χ4v) is 1.64. The molecule has 0 aromatic carbocycles. The minimum Gasteiger partial charge on any atom is -0.355 e. The number of hydrogen-bond acceptors (Lipinski definition) is 3. The molecule has 5 heteroatoms. The molecule has 0 fully saturated rings. The Kier molecular flexibility index (Phi) is 9.21. The Hall–Kier alpha value is -1.10. The molecule has 5 nitrogen and oxygen atoms in total. The molecular weight excluding hydrogens is 242 g/mol. The van der Waals surface area contributed by atoms with Crippen LogP contribution in [0, 0.1) is 0 Å². The summed E-state index contributed by atoms with van der Waals surface area (Å²) < 4.78 is 0. The van der Waals surface area contributed by atoms with E-state index in [0.717, 1.165) is 19.4 Å². The summed E-state index contributed by atoms with van der Waals surface area (Å²) >= 11 is 0. The number of carbonyl (C=O) groups is 2. The van der Waals surface area contributed by atoms with Crippen molar-refractivity contribution in [3.63, 3.8) is 0 Å². The molecule has 19 heavy (non-hydrogen) atoms. The molecule has 0 atom stereocenters. The first kappa shape index (κ1) is 17.9. The molecule has 0 bridgehead atoms. The molecule has 112 valence electrons. The normalized spacial score (nSPS) is 10.9. The van der Waals surface area contributed by atoms with Gasteiger partial charge in [-0.1, -0.05) is 13.8 Å². The average molecular weight is 271 g/mol. The van der Waals surface area contributed by atoms with Crippen molar-refractivity contribution < 1.29 is 9.59 Å². The molecule has 0 radical (unpaired) electrons. The zero-order chi connectivity index (χ0) is 14.8. The fraction of sp³-hybridized carbons (Fsp3) is 0.857. The van der Waals surface area contributed by atoms with Gasteiger partial charge in [0.2, 0.25) is 11.8 Å².